The third-order valence-electron chi connectivity index (χ3n) is 1.96. The number of esters is 1. The Bertz CT molecular complexity index is 265. The molecule has 0 saturated heterocycles. The van der Waals surface area contributed by atoms with Gasteiger partial charge in [-0.15, -0.1) is 0 Å². The van der Waals surface area contributed by atoms with E-state index in [0.717, 1.165) is 0 Å². The van der Waals surface area contributed by atoms with Gasteiger partial charge in [-0.2, -0.15) is 0 Å². The summed E-state index contributed by atoms with van der Waals surface area (Å²) in [4.78, 5) is 11.0. The van der Waals surface area contributed by atoms with Crippen molar-refractivity contribution in [1.29, 1.82) is 0 Å². The molecule has 0 saturated carbocycles. The molecule has 0 atom stereocenters. The maximum absolute atomic E-state index is 11.7. The third-order valence-corrected chi connectivity index (χ3v) is 4.54. The van der Waals surface area contributed by atoms with Gasteiger partial charge >= 0.3 is 5.97 Å². The van der Waals surface area contributed by atoms with Crippen molar-refractivity contribution >= 4 is 13.3 Å². The number of carbonyl (C=O) groups excluding carboxylic acids is 1. The second-order valence-electron chi connectivity index (χ2n) is 3.20. The van der Waals surface area contributed by atoms with Crippen LogP contribution in [0.1, 0.15) is 20.8 Å². The molecule has 0 N–H and O–H groups in total. The molecule has 0 spiro atoms. The number of rotatable bonds is 7. The lowest BCUT2D eigenvalue weighted by Crippen LogP contribution is -2.11. The zero-order valence-electron chi connectivity index (χ0n) is 9.62. The molecule has 0 aliphatic rings. The predicted octanol–water partition coefficient (Wildman–Crippen LogP) is 2.44. The molecule has 0 bridgehead atoms. The Hall–Kier alpha value is -0.600. The summed E-state index contributed by atoms with van der Waals surface area (Å²) in [5, 5.41) is 0. The van der Waals surface area contributed by atoms with Gasteiger partial charge in [0, 0.05) is 17.9 Å². The first-order chi connectivity index (χ1) is 6.95. The van der Waals surface area contributed by atoms with Crippen molar-refractivity contribution in [3.8, 4) is 0 Å². The van der Waals surface area contributed by atoms with Gasteiger partial charge < -0.3 is 9.26 Å². The van der Waals surface area contributed by atoms with Crippen LogP contribution >= 0.6 is 7.37 Å². The van der Waals surface area contributed by atoms with E-state index in [1.54, 1.807) is 6.92 Å². The number of hydrogen-bond acceptors (Lipinski definition) is 4. The lowest BCUT2D eigenvalue weighted by molar-refractivity contribution is -0.139. The maximum atomic E-state index is 11.7. The molecule has 5 heteroatoms. The summed E-state index contributed by atoms with van der Waals surface area (Å²) in [5.41, 5.74) is 0.351. The van der Waals surface area contributed by atoms with E-state index in [1.807, 2.05) is 13.8 Å². The summed E-state index contributed by atoms with van der Waals surface area (Å²) in [6.07, 6.45) is 1.02. The van der Waals surface area contributed by atoms with Crippen LogP contribution in [0.2, 0.25) is 0 Å². The van der Waals surface area contributed by atoms with Crippen LogP contribution in [0.4, 0.5) is 0 Å². The summed E-state index contributed by atoms with van der Waals surface area (Å²) < 4.78 is 21.8. The molecule has 4 nitrogen and oxygen atoms in total. The van der Waals surface area contributed by atoms with Crippen molar-refractivity contribution in [2.45, 2.75) is 20.8 Å². The Kier molecular flexibility index (Phi) is 6.53. The Labute approximate surface area is 91.1 Å². The monoisotopic (exact) mass is 234 g/mol. The molecule has 88 valence electrons. The molecule has 15 heavy (non-hydrogen) atoms. The van der Waals surface area contributed by atoms with Crippen LogP contribution in [0.3, 0.4) is 0 Å². The smallest absolute Gasteiger partial charge is 0.333 e. The fraction of sp³-hybridized carbons (Fsp3) is 0.700. The van der Waals surface area contributed by atoms with E-state index >= 15 is 0 Å². The second-order valence-corrected chi connectivity index (χ2v) is 6.35. The SMILES string of the molecule is C=C(C)C(=O)OCCOP(=O)(CC)CC. The molecule has 0 aliphatic heterocycles. The average Bonchev–Trinajstić information content (AvgIpc) is 2.23. The van der Waals surface area contributed by atoms with E-state index in [-0.39, 0.29) is 13.2 Å². The number of ether oxygens (including phenoxy) is 1. The number of hydrogen-bond donors (Lipinski definition) is 0. The maximum Gasteiger partial charge on any atom is 0.333 e. The highest BCUT2D eigenvalue weighted by atomic mass is 31.2. The zero-order chi connectivity index (χ0) is 11.9. The van der Waals surface area contributed by atoms with Crippen LogP contribution < -0.4 is 0 Å². The molecule has 0 rings (SSSR count). The molecule has 0 fully saturated rings. The average molecular weight is 234 g/mol. The van der Waals surface area contributed by atoms with E-state index in [0.29, 0.717) is 17.9 Å². The molecule has 0 aliphatic carbocycles. The highest BCUT2D eigenvalue weighted by Gasteiger charge is 2.17. The first kappa shape index (κ1) is 14.4. The topological polar surface area (TPSA) is 52.6 Å². The van der Waals surface area contributed by atoms with Crippen LogP contribution in [0, 0.1) is 0 Å². The van der Waals surface area contributed by atoms with Crippen LogP contribution in [0.5, 0.6) is 0 Å². The molecule has 0 amide bonds. The van der Waals surface area contributed by atoms with Crippen LogP contribution in [0.25, 0.3) is 0 Å². The van der Waals surface area contributed by atoms with Crippen molar-refractivity contribution in [2.75, 3.05) is 25.5 Å². The van der Waals surface area contributed by atoms with Crippen molar-refractivity contribution in [3.05, 3.63) is 12.2 Å². The predicted molar refractivity (Wildman–Crippen MR) is 60.4 cm³/mol. The van der Waals surface area contributed by atoms with E-state index < -0.39 is 13.3 Å². The van der Waals surface area contributed by atoms with Crippen molar-refractivity contribution in [3.63, 3.8) is 0 Å². The molecule has 0 radical (unpaired) electrons. The van der Waals surface area contributed by atoms with Gasteiger partial charge in [0.05, 0.1) is 6.61 Å². The normalized spacial score (nSPS) is 11.1. The Balaban J connectivity index is 3.76. The van der Waals surface area contributed by atoms with E-state index in [1.165, 1.54) is 0 Å². The highest BCUT2D eigenvalue weighted by molar-refractivity contribution is 7.58. The Morgan fingerprint density at radius 2 is 1.80 bits per heavy atom. The van der Waals surface area contributed by atoms with Crippen molar-refractivity contribution in [1.82, 2.24) is 0 Å². The molecule has 0 aromatic rings. The fourth-order valence-electron chi connectivity index (χ4n) is 0.867. The summed E-state index contributed by atoms with van der Waals surface area (Å²) in [7, 11) is -2.48. The lowest BCUT2D eigenvalue weighted by Gasteiger charge is -2.14. The largest absolute Gasteiger partial charge is 0.460 e. The minimum absolute atomic E-state index is 0.121. The van der Waals surface area contributed by atoms with Gasteiger partial charge in [0.2, 0.25) is 7.37 Å². The van der Waals surface area contributed by atoms with Crippen LogP contribution in [0.15, 0.2) is 12.2 Å². The van der Waals surface area contributed by atoms with Crippen molar-refractivity contribution < 1.29 is 18.6 Å². The molecular formula is C10H19O4P. The quantitative estimate of drug-likeness (QED) is 0.294. The minimum atomic E-state index is -2.48. The minimum Gasteiger partial charge on any atom is -0.460 e. The standard InChI is InChI=1S/C10H19O4P/c1-5-15(12,6-2)14-8-7-13-10(11)9(3)4/h3,5-8H2,1-2,4H3. The van der Waals surface area contributed by atoms with Gasteiger partial charge in [-0.3, -0.25) is 4.57 Å². The van der Waals surface area contributed by atoms with Crippen LogP contribution in [-0.4, -0.2) is 31.5 Å². The van der Waals surface area contributed by atoms with Gasteiger partial charge in [-0.1, -0.05) is 20.4 Å². The van der Waals surface area contributed by atoms with Crippen molar-refractivity contribution in [2.24, 2.45) is 0 Å². The van der Waals surface area contributed by atoms with E-state index in [2.05, 4.69) is 6.58 Å². The third kappa shape index (κ3) is 5.75. The van der Waals surface area contributed by atoms with Gasteiger partial charge in [0.1, 0.15) is 6.61 Å². The van der Waals surface area contributed by atoms with Gasteiger partial charge in [0.25, 0.3) is 0 Å². The van der Waals surface area contributed by atoms with Crippen LogP contribution in [-0.2, 0) is 18.6 Å². The molecular weight excluding hydrogens is 215 g/mol. The second kappa shape index (κ2) is 6.81. The van der Waals surface area contributed by atoms with Gasteiger partial charge in [0.15, 0.2) is 0 Å². The molecule has 0 heterocycles. The summed E-state index contributed by atoms with van der Waals surface area (Å²) >= 11 is 0. The van der Waals surface area contributed by atoms with Gasteiger partial charge in [-0.25, -0.2) is 4.79 Å². The molecule has 0 aromatic carbocycles. The lowest BCUT2D eigenvalue weighted by atomic mass is 10.4. The molecule has 0 unspecified atom stereocenters. The fourth-order valence-corrected chi connectivity index (χ4v) is 2.09. The first-order valence-electron chi connectivity index (χ1n) is 5.00. The molecule has 0 aromatic heterocycles. The van der Waals surface area contributed by atoms with Gasteiger partial charge in [-0.05, 0) is 6.92 Å². The summed E-state index contributed by atoms with van der Waals surface area (Å²) in [5.74, 6) is -0.443. The highest BCUT2D eigenvalue weighted by Crippen LogP contribution is 2.45. The summed E-state index contributed by atoms with van der Waals surface area (Å²) in [6.45, 7) is 8.97. The zero-order valence-corrected chi connectivity index (χ0v) is 10.5. The summed E-state index contributed by atoms with van der Waals surface area (Å²) in [6, 6.07) is 0. The Morgan fingerprint density at radius 3 is 2.20 bits per heavy atom. The number of carbonyl (C=O) groups is 1. The Morgan fingerprint density at radius 1 is 1.27 bits per heavy atom. The van der Waals surface area contributed by atoms with E-state index in [4.69, 9.17) is 9.26 Å². The first-order valence-corrected chi connectivity index (χ1v) is 7.00. The van der Waals surface area contributed by atoms with E-state index in [9.17, 15) is 9.36 Å².